The standard InChI is InChI=1S/C12H14BrN3O4/c13-9-5-8(11(17)18)6-10(7-9)14-12(19)15-16-1-3-20-4-2-16/h5-7H,1-4H2,(H,17,18)(H2,14,15,19). The van der Waals surface area contributed by atoms with Crippen molar-refractivity contribution < 1.29 is 19.4 Å². The number of hydrogen-bond donors (Lipinski definition) is 3. The minimum atomic E-state index is -1.05. The third-order valence-electron chi connectivity index (χ3n) is 2.67. The molecule has 1 aromatic rings. The summed E-state index contributed by atoms with van der Waals surface area (Å²) in [6.45, 7) is 2.37. The molecule has 20 heavy (non-hydrogen) atoms. The Morgan fingerprint density at radius 2 is 1.95 bits per heavy atom. The molecular weight excluding hydrogens is 330 g/mol. The van der Waals surface area contributed by atoms with Crippen LogP contribution >= 0.6 is 15.9 Å². The second kappa shape index (κ2) is 6.69. The molecule has 0 aliphatic carbocycles. The van der Waals surface area contributed by atoms with Crippen molar-refractivity contribution in [2.75, 3.05) is 31.6 Å². The molecule has 8 heteroatoms. The number of nitrogens with one attached hydrogen (secondary N) is 2. The highest BCUT2D eigenvalue weighted by atomic mass is 79.9. The molecule has 1 saturated heterocycles. The fourth-order valence-corrected chi connectivity index (χ4v) is 2.26. The molecule has 0 atom stereocenters. The molecule has 2 rings (SSSR count). The van der Waals surface area contributed by atoms with Crippen LogP contribution in [0.5, 0.6) is 0 Å². The Balaban J connectivity index is 1.98. The number of nitrogens with zero attached hydrogens (tertiary/aromatic N) is 1. The number of benzene rings is 1. The van der Waals surface area contributed by atoms with Crippen LogP contribution in [0, 0.1) is 0 Å². The summed E-state index contributed by atoms with van der Waals surface area (Å²) in [6.07, 6.45) is 0. The third-order valence-corrected chi connectivity index (χ3v) is 3.13. The van der Waals surface area contributed by atoms with Gasteiger partial charge in [-0.25, -0.2) is 14.6 Å². The lowest BCUT2D eigenvalue weighted by atomic mass is 10.2. The number of aromatic carboxylic acids is 1. The highest BCUT2D eigenvalue weighted by molar-refractivity contribution is 9.10. The van der Waals surface area contributed by atoms with Crippen LogP contribution < -0.4 is 10.7 Å². The van der Waals surface area contributed by atoms with Crippen LogP contribution in [-0.2, 0) is 4.74 Å². The number of carbonyl (C=O) groups excluding carboxylic acids is 1. The van der Waals surface area contributed by atoms with Crippen molar-refractivity contribution >= 4 is 33.6 Å². The lowest BCUT2D eigenvalue weighted by Gasteiger charge is -2.26. The fourth-order valence-electron chi connectivity index (χ4n) is 1.76. The van der Waals surface area contributed by atoms with Gasteiger partial charge in [0.25, 0.3) is 0 Å². The highest BCUT2D eigenvalue weighted by Gasteiger charge is 2.14. The number of morpholine rings is 1. The zero-order valence-electron chi connectivity index (χ0n) is 10.6. The van der Waals surface area contributed by atoms with E-state index >= 15 is 0 Å². The molecule has 0 unspecified atom stereocenters. The second-order valence-electron chi connectivity index (χ2n) is 4.20. The smallest absolute Gasteiger partial charge is 0.335 e. The number of anilines is 1. The van der Waals surface area contributed by atoms with E-state index in [9.17, 15) is 9.59 Å². The molecule has 1 aromatic carbocycles. The number of carboxylic acids is 1. The van der Waals surface area contributed by atoms with Gasteiger partial charge < -0.3 is 15.2 Å². The summed E-state index contributed by atoms with van der Waals surface area (Å²) in [4.78, 5) is 22.7. The summed E-state index contributed by atoms with van der Waals surface area (Å²) >= 11 is 3.21. The van der Waals surface area contributed by atoms with Gasteiger partial charge >= 0.3 is 12.0 Å². The van der Waals surface area contributed by atoms with Crippen molar-refractivity contribution in [3.63, 3.8) is 0 Å². The number of ether oxygens (including phenoxy) is 1. The van der Waals surface area contributed by atoms with Crippen molar-refractivity contribution in [3.8, 4) is 0 Å². The number of hydrogen-bond acceptors (Lipinski definition) is 4. The molecule has 1 aliphatic heterocycles. The molecule has 0 saturated carbocycles. The van der Waals surface area contributed by atoms with Gasteiger partial charge in [0.05, 0.1) is 18.8 Å². The molecule has 2 amide bonds. The van der Waals surface area contributed by atoms with Crippen LogP contribution in [0.4, 0.5) is 10.5 Å². The minimum absolute atomic E-state index is 0.0982. The fraction of sp³-hybridized carbons (Fsp3) is 0.333. The van der Waals surface area contributed by atoms with Gasteiger partial charge in [-0.15, -0.1) is 0 Å². The zero-order chi connectivity index (χ0) is 14.5. The summed E-state index contributed by atoms with van der Waals surface area (Å²) < 4.78 is 5.76. The average molecular weight is 344 g/mol. The van der Waals surface area contributed by atoms with Gasteiger partial charge in [-0.05, 0) is 18.2 Å². The molecule has 108 valence electrons. The van der Waals surface area contributed by atoms with Gasteiger partial charge in [0.1, 0.15) is 0 Å². The summed E-state index contributed by atoms with van der Waals surface area (Å²) in [5.41, 5.74) is 3.18. The van der Waals surface area contributed by atoms with E-state index < -0.39 is 12.0 Å². The van der Waals surface area contributed by atoms with Crippen molar-refractivity contribution in [2.45, 2.75) is 0 Å². The van der Waals surface area contributed by atoms with Gasteiger partial charge in [-0.3, -0.25) is 5.43 Å². The maximum Gasteiger partial charge on any atom is 0.335 e. The lowest BCUT2D eigenvalue weighted by Crippen LogP contribution is -2.49. The number of urea groups is 1. The molecule has 3 N–H and O–H groups in total. The van der Waals surface area contributed by atoms with Crippen molar-refractivity contribution in [1.29, 1.82) is 0 Å². The van der Waals surface area contributed by atoms with E-state index in [2.05, 4.69) is 26.7 Å². The molecule has 0 bridgehead atoms. The lowest BCUT2D eigenvalue weighted by molar-refractivity contribution is 0.0207. The molecular formula is C12H14BrN3O4. The van der Waals surface area contributed by atoms with Gasteiger partial charge in [-0.1, -0.05) is 15.9 Å². The summed E-state index contributed by atoms with van der Waals surface area (Å²) in [5.74, 6) is -1.05. The Hall–Kier alpha value is -1.64. The Morgan fingerprint density at radius 3 is 2.60 bits per heavy atom. The topological polar surface area (TPSA) is 90.9 Å². The predicted molar refractivity (Wildman–Crippen MR) is 75.6 cm³/mol. The van der Waals surface area contributed by atoms with Crippen LogP contribution in [-0.4, -0.2) is 48.4 Å². The summed E-state index contributed by atoms with van der Waals surface area (Å²) in [7, 11) is 0. The molecule has 1 fully saturated rings. The minimum Gasteiger partial charge on any atom is -0.478 e. The first-order valence-electron chi connectivity index (χ1n) is 5.99. The monoisotopic (exact) mass is 343 g/mol. The number of halogens is 1. The Kier molecular flexibility index (Phi) is 4.94. The van der Waals surface area contributed by atoms with E-state index in [0.29, 0.717) is 36.5 Å². The molecule has 1 heterocycles. The van der Waals surface area contributed by atoms with Crippen molar-refractivity contribution in [2.24, 2.45) is 0 Å². The van der Waals surface area contributed by atoms with Gasteiger partial charge in [0.2, 0.25) is 0 Å². The van der Waals surface area contributed by atoms with Gasteiger partial charge in [0.15, 0.2) is 0 Å². The van der Waals surface area contributed by atoms with E-state index in [4.69, 9.17) is 9.84 Å². The number of amides is 2. The number of carbonyl (C=O) groups is 2. The maximum atomic E-state index is 11.8. The van der Waals surface area contributed by atoms with Crippen molar-refractivity contribution in [1.82, 2.24) is 10.4 Å². The van der Waals surface area contributed by atoms with E-state index in [1.54, 1.807) is 11.1 Å². The van der Waals surface area contributed by atoms with E-state index in [0.717, 1.165) is 0 Å². The average Bonchev–Trinajstić information content (AvgIpc) is 2.38. The largest absolute Gasteiger partial charge is 0.478 e. The van der Waals surface area contributed by atoms with Gasteiger partial charge in [-0.2, -0.15) is 0 Å². The first-order valence-corrected chi connectivity index (χ1v) is 6.78. The SMILES string of the molecule is O=C(Nc1cc(Br)cc(C(=O)O)c1)NN1CCOCC1. The number of carboxylic acid groups (broad SMARTS) is 1. The highest BCUT2D eigenvalue weighted by Crippen LogP contribution is 2.19. The number of rotatable bonds is 3. The summed E-state index contributed by atoms with van der Waals surface area (Å²) in [6, 6.07) is 4.08. The molecule has 0 radical (unpaired) electrons. The zero-order valence-corrected chi connectivity index (χ0v) is 12.1. The third kappa shape index (κ3) is 4.19. The van der Waals surface area contributed by atoms with E-state index in [-0.39, 0.29) is 5.56 Å². The van der Waals surface area contributed by atoms with Crippen LogP contribution in [0.25, 0.3) is 0 Å². The molecule has 7 nitrogen and oxygen atoms in total. The van der Waals surface area contributed by atoms with Gasteiger partial charge in [0, 0.05) is 23.2 Å². The maximum absolute atomic E-state index is 11.8. The summed E-state index contributed by atoms with van der Waals surface area (Å²) in [5, 5.41) is 13.3. The Bertz CT molecular complexity index is 517. The first-order chi connectivity index (χ1) is 9.54. The number of hydrazine groups is 1. The van der Waals surface area contributed by atoms with Crippen LogP contribution in [0.1, 0.15) is 10.4 Å². The van der Waals surface area contributed by atoms with E-state index in [1.165, 1.54) is 12.1 Å². The quantitative estimate of drug-likeness (QED) is 0.773. The van der Waals surface area contributed by atoms with Crippen LogP contribution in [0.3, 0.4) is 0 Å². The van der Waals surface area contributed by atoms with Crippen LogP contribution in [0.15, 0.2) is 22.7 Å². The normalized spacial score (nSPS) is 15.7. The first kappa shape index (κ1) is 14.8. The predicted octanol–water partition coefficient (Wildman–Crippen LogP) is 1.52. The van der Waals surface area contributed by atoms with E-state index in [1.807, 2.05) is 0 Å². The Labute approximate surface area is 124 Å². The van der Waals surface area contributed by atoms with Crippen LogP contribution in [0.2, 0.25) is 0 Å². The second-order valence-corrected chi connectivity index (χ2v) is 5.11. The Morgan fingerprint density at radius 1 is 1.25 bits per heavy atom. The molecule has 1 aliphatic rings. The molecule has 0 aromatic heterocycles. The van der Waals surface area contributed by atoms with Crippen molar-refractivity contribution in [3.05, 3.63) is 28.2 Å². The molecule has 0 spiro atoms.